The lowest BCUT2D eigenvalue weighted by molar-refractivity contribution is -0.149. The molecule has 0 aromatic rings. The van der Waals surface area contributed by atoms with Crippen molar-refractivity contribution in [3.63, 3.8) is 0 Å². The van der Waals surface area contributed by atoms with E-state index < -0.39 is 24.6 Å². The van der Waals surface area contributed by atoms with Crippen LogP contribution in [0.3, 0.4) is 0 Å². The van der Waals surface area contributed by atoms with Gasteiger partial charge in [0.2, 0.25) is 11.8 Å². The van der Waals surface area contributed by atoms with Gasteiger partial charge in [-0.05, 0) is 25.8 Å². The average molecular weight is 343 g/mol. The topological polar surface area (TPSA) is 131 Å². The number of nitrogens with zero attached hydrogens (tertiary/aromatic N) is 1. The Morgan fingerprint density at radius 3 is 2.83 bits per heavy atom. The van der Waals surface area contributed by atoms with Gasteiger partial charge in [-0.2, -0.15) is 0 Å². The molecular formula is C15H25N3O6. The van der Waals surface area contributed by atoms with Gasteiger partial charge in [-0.15, -0.1) is 0 Å². The first-order valence-electron chi connectivity index (χ1n) is 8.18. The van der Waals surface area contributed by atoms with Gasteiger partial charge in [0, 0.05) is 13.2 Å². The molecule has 2 amide bonds. The maximum atomic E-state index is 12.5. The minimum Gasteiger partial charge on any atom is -0.480 e. The largest absolute Gasteiger partial charge is 0.480 e. The number of piperidine rings is 1. The summed E-state index contributed by atoms with van der Waals surface area (Å²) in [5, 5.41) is 11.7. The monoisotopic (exact) mass is 343 g/mol. The smallest absolute Gasteiger partial charge is 0.329 e. The van der Waals surface area contributed by atoms with Crippen LogP contribution in [0.4, 0.5) is 0 Å². The number of likely N-dealkylation sites (tertiary alicyclic amines) is 1. The zero-order valence-corrected chi connectivity index (χ0v) is 13.6. The van der Waals surface area contributed by atoms with Crippen LogP contribution in [0.5, 0.6) is 0 Å². The summed E-state index contributed by atoms with van der Waals surface area (Å²) in [6.07, 6.45) is 1.70. The molecule has 0 radical (unpaired) electrons. The minimum absolute atomic E-state index is 0.0972. The Bertz CT molecular complexity index is 472. The average Bonchev–Trinajstić information content (AvgIpc) is 2.53. The van der Waals surface area contributed by atoms with Crippen molar-refractivity contribution < 1.29 is 29.0 Å². The van der Waals surface area contributed by atoms with Gasteiger partial charge >= 0.3 is 5.97 Å². The van der Waals surface area contributed by atoms with Crippen molar-refractivity contribution in [2.24, 2.45) is 11.7 Å². The van der Waals surface area contributed by atoms with E-state index in [1.165, 1.54) is 0 Å². The van der Waals surface area contributed by atoms with E-state index in [0.717, 1.165) is 19.4 Å². The molecule has 2 rings (SSSR count). The molecule has 2 aliphatic rings. The summed E-state index contributed by atoms with van der Waals surface area (Å²) in [5.41, 5.74) is 5.21. The van der Waals surface area contributed by atoms with E-state index >= 15 is 0 Å². The summed E-state index contributed by atoms with van der Waals surface area (Å²) in [6, 6.07) is -0.267. The minimum atomic E-state index is -1.06. The van der Waals surface area contributed by atoms with Crippen LogP contribution in [-0.4, -0.2) is 79.4 Å². The predicted octanol–water partition coefficient (Wildman–Crippen LogP) is -1.44. The number of carboxylic acid groups (broad SMARTS) is 1. The molecule has 0 spiro atoms. The molecule has 4 N–H and O–H groups in total. The van der Waals surface area contributed by atoms with Crippen molar-refractivity contribution in [1.29, 1.82) is 0 Å². The van der Waals surface area contributed by atoms with Gasteiger partial charge in [0.05, 0.1) is 25.1 Å². The number of hydrogen-bond donors (Lipinski definition) is 3. The summed E-state index contributed by atoms with van der Waals surface area (Å²) in [4.78, 5) is 36.1. The lowest BCUT2D eigenvalue weighted by Crippen LogP contribution is -2.53. The van der Waals surface area contributed by atoms with Gasteiger partial charge < -0.3 is 25.6 Å². The van der Waals surface area contributed by atoms with Crippen LogP contribution in [-0.2, 0) is 23.9 Å². The van der Waals surface area contributed by atoms with Gasteiger partial charge in [0.1, 0.15) is 12.7 Å². The number of carbonyl (C=O) groups is 3. The van der Waals surface area contributed by atoms with E-state index in [0.29, 0.717) is 19.6 Å². The molecule has 3 atom stereocenters. The van der Waals surface area contributed by atoms with Crippen molar-refractivity contribution in [2.75, 3.05) is 39.5 Å². The Morgan fingerprint density at radius 1 is 1.33 bits per heavy atom. The maximum Gasteiger partial charge on any atom is 0.329 e. The Balaban J connectivity index is 1.86. The molecule has 2 fully saturated rings. The number of hydrogen-bond acceptors (Lipinski definition) is 6. The van der Waals surface area contributed by atoms with E-state index in [4.69, 9.17) is 20.3 Å². The van der Waals surface area contributed by atoms with Crippen LogP contribution in [0.2, 0.25) is 0 Å². The van der Waals surface area contributed by atoms with Crippen LogP contribution in [0.25, 0.3) is 0 Å². The fourth-order valence-corrected chi connectivity index (χ4v) is 3.15. The van der Waals surface area contributed by atoms with E-state index in [-0.39, 0.29) is 31.0 Å². The number of rotatable bonds is 7. The fourth-order valence-electron chi connectivity index (χ4n) is 3.15. The van der Waals surface area contributed by atoms with Gasteiger partial charge in [0.25, 0.3) is 0 Å². The summed E-state index contributed by atoms with van der Waals surface area (Å²) in [6.45, 7) is 1.75. The Labute approximate surface area is 140 Å². The number of carbonyl (C=O) groups excluding carboxylic acids is 2. The van der Waals surface area contributed by atoms with Crippen molar-refractivity contribution in [3.8, 4) is 0 Å². The second-order valence-corrected chi connectivity index (χ2v) is 6.26. The summed E-state index contributed by atoms with van der Waals surface area (Å²) in [5.74, 6) is -1.76. The first-order chi connectivity index (χ1) is 11.5. The first kappa shape index (κ1) is 18.6. The third kappa shape index (κ3) is 5.73. The second kappa shape index (κ2) is 8.95. The number of aliphatic carboxylic acids is 1. The van der Waals surface area contributed by atoms with Crippen LogP contribution in [0, 0.1) is 5.92 Å². The molecule has 2 heterocycles. The predicted molar refractivity (Wildman–Crippen MR) is 83.1 cm³/mol. The third-order valence-corrected chi connectivity index (χ3v) is 4.31. The normalized spacial score (nSPS) is 28.2. The Hall–Kier alpha value is -1.71. The van der Waals surface area contributed by atoms with E-state index in [9.17, 15) is 14.4 Å². The summed E-state index contributed by atoms with van der Waals surface area (Å²) in [7, 11) is 0. The molecule has 0 aromatic heterocycles. The SMILES string of the molecule is NC(=O)CN1CCCC(C(=O)N[C@@H]2CCOC[C@H]2OCC(=O)O)C1. The first-order valence-corrected chi connectivity index (χ1v) is 8.18. The van der Waals surface area contributed by atoms with E-state index in [1.54, 1.807) is 0 Å². The van der Waals surface area contributed by atoms with Gasteiger partial charge in [-0.3, -0.25) is 14.5 Å². The molecule has 2 aliphatic heterocycles. The molecule has 0 saturated carbocycles. The molecule has 9 nitrogen and oxygen atoms in total. The highest BCUT2D eigenvalue weighted by molar-refractivity contribution is 5.80. The summed E-state index contributed by atoms with van der Waals surface area (Å²) < 4.78 is 10.6. The Kier molecular flexibility index (Phi) is 6.95. The molecule has 136 valence electrons. The van der Waals surface area contributed by atoms with Gasteiger partial charge in [-0.1, -0.05) is 0 Å². The van der Waals surface area contributed by atoms with Crippen LogP contribution in [0.1, 0.15) is 19.3 Å². The standard InChI is InChI=1S/C15H25N3O6/c16-13(19)7-18-4-1-2-10(6-18)15(22)17-11-3-5-23-8-12(11)24-9-14(20)21/h10-12H,1-9H2,(H2,16,19)(H,17,22)(H,20,21)/t10?,11-,12-/m1/s1. The van der Waals surface area contributed by atoms with Crippen LogP contribution in [0.15, 0.2) is 0 Å². The molecular weight excluding hydrogens is 318 g/mol. The zero-order valence-electron chi connectivity index (χ0n) is 13.6. The van der Waals surface area contributed by atoms with E-state index in [1.807, 2.05) is 4.90 Å². The quantitative estimate of drug-likeness (QED) is 0.516. The fraction of sp³-hybridized carbons (Fsp3) is 0.800. The van der Waals surface area contributed by atoms with E-state index in [2.05, 4.69) is 5.32 Å². The van der Waals surface area contributed by atoms with Crippen molar-refractivity contribution in [1.82, 2.24) is 10.2 Å². The van der Waals surface area contributed by atoms with Crippen LogP contribution >= 0.6 is 0 Å². The third-order valence-electron chi connectivity index (χ3n) is 4.31. The molecule has 24 heavy (non-hydrogen) atoms. The highest BCUT2D eigenvalue weighted by Crippen LogP contribution is 2.18. The van der Waals surface area contributed by atoms with Gasteiger partial charge in [-0.25, -0.2) is 4.79 Å². The Morgan fingerprint density at radius 2 is 2.12 bits per heavy atom. The van der Waals surface area contributed by atoms with Crippen molar-refractivity contribution in [2.45, 2.75) is 31.4 Å². The highest BCUT2D eigenvalue weighted by Gasteiger charge is 2.32. The van der Waals surface area contributed by atoms with Crippen molar-refractivity contribution in [3.05, 3.63) is 0 Å². The van der Waals surface area contributed by atoms with Crippen LogP contribution < -0.4 is 11.1 Å². The van der Waals surface area contributed by atoms with Gasteiger partial charge in [0.15, 0.2) is 0 Å². The molecule has 1 unspecified atom stereocenters. The molecule has 0 bridgehead atoms. The summed E-state index contributed by atoms with van der Waals surface area (Å²) >= 11 is 0. The molecule has 0 aromatic carbocycles. The molecule has 0 aliphatic carbocycles. The highest BCUT2D eigenvalue weighted by atomic mass is 16.5. The maximum absolute atomic E-state index is 12.5. The zero-order chi connectivity index (χ0) is 17.5. The lowest BCUT2D eigenvalue weighted by atomic mass is 9.95. The number of nitrogens with one attached hydrogen (secondary N) is 1. The molecule has 2 saturated heterocycles. The number of ether oxygens (including phenoxy) is 2. The molecule has 9 heteroatoms. The van der Waals surface area contributed by atoms with Crippen molar-refractivity contribution >= 4 is 17.8 Å². The number of carboxylic acids is 1. The lowest BCUT2D eigenvalue weighted by Gasteiger charge is -2.35. The number of amides is 2. The number of primary amides is 1. The second-order valence-electron chi connectivity index (χ2n) is 6.26. The number of nitrogens with two attached hydrogens (primary N) is 1.